The van der Waals surface area contributed by atoms with Crippen LogP contribution in [0.5, 0.6) is 5.75 Å². The lowest BCUT2D eigenvalue weighted by Gasteiger charge is -2.12. The summed E-state index contributed by atoms with van der Waals surface area (Å²) in [5.41, 5.74) is 2.56. The Labute approximate surface area is 121 Å². The quantitative estimate of drug-likeness (QED) is 0.706. The van der Waals surface area contributed by atoms with E-state index in [1.165, 1.54) is 11.1 Å². The Morgan fingerprint density at radius 1 is 1.26 bits per heavy atom. The first kappa shape index (κ1) is 16.3. The van der Waals surface area contributed by atoms with Crippen molar-refractivity contribution >= 4 is 11.8 Å². The zero-order valence-corrected chi connectivity index (χ0v) is 13.2. The number of methoxy groups -OCH3 is 2. The van der Waals surface area contributed by atoms with E-state index in [-0.39, 0.29) is 0 Å². The molecule has 0 saturated heterocycles. The minimum atomic E-state index is 0.502. The Hall–Kier alpha value is -0.710. The molecule has 0 spiro atoms. The molecule has 3 nitrogen and oxygen atoms in total. The maximum Gasteiger partial charge on any atom is 0.122 e. The number of hydrogen-bond donors (Lipinski definition) is 1. The van der Waals surface area contributed by atoms with Gasteiger partial charge in [-0.2, -0.15) is 11.8 Å². The minimum absolute atomic E-state index is 0.502. The second kappa shape index (κ2) is 9.23. The van der Waals surface area contributed by atoms with Crippen LogP contribution in [0.3, 0.4) is 0 Å². The van der Waals surface area contributed by atoms with Gasteiger partial charge in [0, 0.05) is 36.8 Å². The van der Waals surface area contributed by atoms with Gasteiger partial charge in [0.05, 0.1) is 13.7 Å². The molecule has 19 heavy (non-hydrogen) atoms. The van der Waals surface area contributed by atoms with Crippen molar-refractivity contribution in [1.29, 1.82) is 0 Å². The maximum absolute atomic E-state index is 5.42. The Balaban J connectivity index is 2.61. The second-order valence-electron chi connectivity index (χ2n) is 4.73. The summed E-state index contributed by atoms with van der Waals surface area (Å²) >= 11 is 1.87. The second-order valence-corrected chi connectivity index (χ2v) is 5.83. The zero-order valence-electron chi connectivity index (χ0n) is 12.4. The fourth-order valence-electron chi connectivity index (χ4n) is 1.70. The predicted molar refractivity (Wildman–Crippen MR) is 83.0 cm³/mol. The van der Waals surface area contributed by atoms with Crippen molar-refractivity contribution in [3.05, 3.63) is 29.3 Å². The van der Waals surface area contributed by atoms with Crippen molar-refractivity contribution in [3.63, 3.8) is 0 Å². The lowest BCUT2D eigenvalue weighted by atomic mass is 10.1. The fourth-order valence-corrected chi connectivity index (χ4v) is 2.58. The average Bonchev–Trinajstić information content (AvgIpc) is 2.41. The van der Waals surface area contributed by atoms with Gasteiger partial charge in [0.1, 0.15) is 5.75 Å². The summed E-state index contributed by atoms with van der Waals surface area (Å²) in [5, 5.41) is 3.44. The zero-order chi connectivity index (χ0) is 14.1. The SMILES string of the molecule is COCCSCc1cc(CNC(C)C)ccc1OC. The molecule has 0 aliphatic rings. The van der Waals surface area contributed by atoms with Crippen LogP contribution in [-0.4, -0.2) is 32.6 Å². The molecule has 0 atom stereocenters. The molecule has 0 bridgehead atoms. The van der Waals surface area contributed by atoms with E-state index in [2.05, 4.69) is 37.4 Å². The average molecular weight is 283 g/mol. The number of hydrogen-bond acceptors (Lipinski definition) is 4. The van der Waals surface area contributed by atoms with Crippen LogP contribution in [0.4, 0.5) is 0 Å². The Bertz CT molecular complexity index is 369. The molecule has 0 aliphatic carbocycles. The van der Waals surface area contributed by atoms with E-state index >= 15 is 0 Å². The van der Waals surface area contributed by atoms with Crippen LogP contribution in [0.25, 0.3) is 0 Å². The number of thioether (sulfide) groups is 1. The third-order valence-corrected chi connectivity index (χ3v) is 3.72. The van der Waals surface area contributed by atoms with E-state index in [1.54, 1.807) is 14.2 Å². The summed E-state index contributed by atoms with van der Waals surface area (Å²) in [5.74, 6) is 2.94. The first-order chi connectivity index (χ1) is 9.17. The van der Waals surface area contributed by atoms with Crippen LogP contribution in [0.2, 0.25) is 0 Å². The lowest BCUT2D eigenvalue weighted by Crippen LogP contribution is -2.21. The molecule has 0 heterocycles. The van der Waals surface area contributed by atoms with Crippen molar-refractivity contribution in [3.8, 4) is 5.75 Å². The summed E-state index contributed by atoms with van der Waals surface area (Å²) in [4.78, 5) is 0. The van der Waals surface area contributed by atoms with Gasteiger partial charge in [-0.1, -0.05) is 19.9 Å². The molecule has 0 aliphatic heterocycles. The first-order valence-electron chi connectivity index (χ1n) is 6.63. The van der Waals surface area contributed by atoms with Crippen LogP contribution >= 0.6 is 11.8 Å². The molecule has 0 fully saturated rings. The Kier molecular flexibility index (Phi) is 7.94. The highest BCUT2D eigenvalue weighted by Crippen LogP contribution is 2.24. The molecule has 0 unspecified atom stereocenters. The van der Waals surface area contributed by atoms with Crippen LogP contribution < -0.4 is 10.1 Å². The Morgan fingerprint density at radius 3 is 2.68 bits per heavy atom. The predicted octanol–water partition coefficient (Wildman–Crippen LogP) is 3.07. The van der Waals surface area contributed by atoms with Crippen molar-refractivity contribution in [2.45, 2.75) is 32.2 Å². The van der Waals surface area contributed by atoms with Gasteiger partial charge in [0.25, 0.3) is 0 Å². The van der Waals surface area contributed by atoms with E-state index in [4.69, 9.17) is 9.47 Å². The van der Waals surface area contributed by atoms with E-state index < -0.39 is 0 Å². The summed E-state index contributed by atoms with van der Waals surface area (Å²) in [7, 11) is 3.46. The van der Waals surface area contributed by atoms with Crippen molar-refractivity contribution in [2.75, 3.05) is 26.6 Å². The van der Waals surface area contributed by atoms with Gasteiger partial charge in [-0.15, -0.1) is 0 Å². The molecule has 1 aromatic rings. The highest BCUT2D eigenvalue weighted by molar-refractivity contribution is 7.98. The smallest absolute Gasteiger partial charge is 0.122 e. The van der Waals surface area contributed by atoms with Gasteiger partial charge in [0.15, 0.2) is 0 Å². The molecule has 0 saturated carbocycles. The Morgan fingerprint density at radius 2 is 2.05 bits per heavy atom. The number of nitrogens with one attached hydrogen (secondary N) is 1. The van der Waals surface area contributed by atoms with E-state index in [0.717, 1.165) is 30.4 Å². The monoisotopic (exact) mass is 283 g/mol. The molecule has 1 aromatic carbocycles. The van der Waals surface area contributed by atoms with Crippen molar-refractivity contribution < 1.29 is 9.47 Å². The standard InChI is InChI=1S/C15H25NO2S/c1-12(2)16-10-13-5-6-15(18-4)14(9-13)11-19-8-7-17-3/h5-6,9,12,16H,7-8,10-11H2,1-4H3. The van der Waals surface area contributed by atoms with E-state index in [1.807, 2.05) is 11.8 Å². The van der Waals surface area contributed by atoms with E-state index in [9.17, 15) is 0 Å². The molecular formula is C15H25NO2S. The summed E-state index contributed by atoms with van der Waals surface area (Å²) in [6.45, 7) is 6.01. The first-order valence-corrected chi connectivity index (χ1v) is 7.78. The molecule has 1 N–H and O–H groups in total. The van der Waals surface area contributed by atoms with Gasteiger partial charge in [-0.3, -0.25) is 0 Å². The molecule has 4 heteroatoms. The number of rotatable bonds is 9. The molecule has 0 radical (unpaired) electrons. The lowest BCUT2D eigenvalue weighted by molar-refractivity contribution is 0.218. The normalized spacial score (nSPS) is 11.0. The van der Waals surface area contributed by atoms with Crippen LogP contribution in [0.15, 0.2) is 18.2 Å². The molecule has 108 valence electrons. The summed E-state index contributed by atoms with van der Waals surface area (Å²) < 4.78 is 10.5. The third kappa shape index (κ3) is 6.32. The van der Waals surface area contributed by atoms with Gasteiger partial charge < -0.3 is 14.8 Å². The molecule has 0 aromatic heterocycles. The van der Waals surface area contributed by atoms with Gasteiger partial charge in [0.2, 0.25) is 0 Å². The van der Waals surface area contributed by atoms with Crippen molar-refractivity contribution in [2.24, 2.45) is 0 Å². The highest BCUT2D eigenvalue weighted by atomic mass is 32.2. The summed E-state index contributed by atoms with van der Waals surface area (Å²) in [6, 6.07) is 6.91. The molecule has 0 amide bonds. The largest absolute Gasteiger partial charge is 0.496 e. The maximum atomic E-state index is 5.42. The molecule has 1 rings (SSSR count). The van der Waals surface area contributed by atoms with Crippen molar-refractivity contribution in [1.82, 2.24) is 5.32 Å². The van der Waals surface area contributed by atoms with Crippen LogP contribution in [0.1, 0.15) is 25.0 Å². The van der Waals surface area contributed by atoms with Gasteiger partial charge in [-0.25, -0.2) is 0 Å². The third-order valence-electron chi connectivity index (χ3n) is 2.75. The number of ether oxygens (including phenoxy) is 2. The fraction of sp³-hybridized carbons (Fsp3) is 0.600. The van der Waals surface area contributed by atoms with Crippen LogP contribution in [-0.2, 0) is 17.0 Å². The molecular weight excluding hydrogens is 258 g/mol. The topological polar surface area (TPSA) is 30.5 Å². The minimum Gasteiger partial charge on any atom is -0.496 e. The van der Waals surface area contributed by atoms with Gasteiger partial charge in [-0.05, 0) is 17.7 Å². The van der Waals surface area contributed by atoms with Crippen LogP contribution in [0, 0.1) is 0 Å². The van der Waals surface area contributed by atoms with Gasteiger partial charge >= 0.3 is 0 Å². The van der Waals surface area contributed by atoms with E-state index in [0.29, 0.717) is 6.04 Å². The summed E-state index contributed by atoms with van der Waals surface area (Å²) in [6.07, 6.45) is 0. The number of benzene rings is 1. The highest BCUT2D eigenvalue weighted by Gasteiger charge is 2.05.